The number of hydrogen-bond donors (Lipinski definition) is 2. The third kappa shape index (κ3) is 5.30. The van der Waals surface area contributed by atoms with Crippen molar-refractivity contribution in [3.05, 3.63) is 34.3 Å². The molecule has 94 valence electrons. The van der Waals surface area contributed by atoms with Gasteiger partial charge in [0.2, 0.25) is 5.91 Å². The van der Waals surface area contributed by atoms with Crippen molar-refractivity contribution in [2.45, 2.75) is 12.5 Å². The van der Waals surface area contributed by atoms with E-state index in [0.29, 0.717) is 13.0 Å². The SMILES string of the molecule is COCC(CO)NC(=O)Cc1ccc(Br)cc1. The van der Waals surface area contributed by atoms with Gasteiger partial charge in [0.25, 0.3) is 0 Å². The molecular formula is C12H16BrNO3. The molecule has 0 aliphatic carbocycles. The number of carbonyl (C=O) groups excluding carboxylic acids is 1. The van der Waals surface area contributed by atoms with Crippen LogP contribution in [0.4, 0.5) is 0 Å². The summed E-state index contributed by atoms with van der Waals surface area (Å²) >= 11 is 3.33. The highest BCUT2D eigenvalue weighted by atomic mass is 79.9. The molecule has 0 saturated carbocycles. The summed E-state index contributed by atoms with van der Waals surface area (Å²) < 4.78 is 5.86. The van der Waals surface area contributed by atoms with Crippen molar-refractivity contribution < 1.29 is 14.6 Å². The molecule has 0 radical (unpaired) electrons. The lowest BCUT2D eigenvalue weighted by molar-refractivity contribution is -0.121. The van der Waals surface area contributed by atoms with Gasteiger partial charge >= 0.3 is 0 Å². The molecule has 1 unspecified atom stereocenters. The minimum atomic E-state index is -0.344. The Kier molecular flexibility index (Phi) is 6.18. The van der Waals surface area contributed by atoms with Gasteiger partial charge in [0.05, 0.1) is 25.7 Å². The van der Waals surface area contributed by atoms with E-state index < -0.39 is 0 Å². The minimum Gasteiger partial charge on any atom is -0.394 e. The van der Waals surface area contributed by atoms with E-state index in [-0.39, 0.29) is 18.6 Å². The van der Waals surface area contributed by atoms with Crippen LogP contribution in [-0.4, -0.2) is 37.4 Å². The molecule has 1 atom stereocenters. The van der Waals surface area contributed by atoms with Crippen LogP contribution in [0.1, 0.15) is 5.56 Å². The molecule has 0 aromatic heterocycles. The van der Waals surface area contributed by atoms with Gasteiger partial charge in [0, 0.05) is 11.6 Å². The van der Waals surface area contributed by atoms with E-state index in [1.165, 1.54) is 7.11 Å². The fourth-order valence-electron chi connectivity index (χ4n) is 1.41. The lowest BCUT2D eigenvalue weighted by Gasteiger charge is -2.15. The molecule has 0 fully saturated rings. The zero-order chi connectivity index (χ0) is 12.7. The molecule has 4 nitrogen and oxygen atoms in total. The van der Waals surface area contributed by atoms with E-state index in [1.54, 1.807) is 0 Å². The lowest BCUT2D eigenvalue weighted by Crippen LogP contribution is -2.41. The van der Waals surface area contributed by atoms with Crippen LogP contribution in [0.3, 0.4) is 0 Å². The van der Waals surface area contributed by atoms with Crippen LogP contribution in [0.25, 0.3) is 0 Å². The maximum Gasteiger partial charge on any atom is 0.224 e. The maximum atomic E-state index is 11.7. The number of hydrogen-bond acceptors (Lipinski definition) is 3. The third-order valence-corrected chi connectivity index (χ3v) is 2.76. The van der Waals surface area contributed by atoms with Crippen LogP contribution in [-0.2, 0) is 16.0 Å². The molecular weight excluding hydrogens is 286 g/mol. The van der Waals surface area contributed by atoms with Crippen molar-refractivity contribution >= 4 is 21.8 Å². The number of carbonyl (C=O) groups is 1. The highest BCUT2D eigenvalue weighted by Crippen LogP contribution is 2.10. The normalized spacial score (nSPS) is 12.2. The van der Waals surface area contributed by atoms with E-state index in [9.17, 15) is 4.79 Å². The summed E-state index contributed by atoms with van der Waals surface area (Å²) in [7, 11) is 1.53. The molecule has 5 heteroatoms. The number of nitrogens with one attached hydrogen (secondary N) is 1. The van der Waals surface area contributed by atoms with Crippen molar-refractivity contribution in [2.75, 3.05) is 20.3 Å². The third-order valence-electron chi connectivity index (χ3n) is 2.23. The summed E-state index contributed by atoms with van der Waals surface area (Å²) in [4.78, 5) is 11.7. The number of rotatable bonds is 6. The first kappa shape index (κ1) is 14.2. The molecule has 1 aromatic carbocycles. The molecule has 0 aliphatic rings. The predicted octanol–water partition coefficient (Wildman–Crippen LogP) is 1.12. The molecule has 1 aromatic rings. The fourth-order valence-corrected chi connectivity index (χ4v) is 1.67. The topological polar surface area (TPSA) is 58.6 Å². The highest BCUT2D eigenvalue weighted by Gasteiger charge is 2.11. The number of halogens is 1. The zero-order valence-electron chi connectivity index (χ0n) is 9.65. The molecule has 0 aliphatic heterocycles. The summed E-state index contributed by atoms with van der Waals surface area (Å²) in [6.45, 7) is 0.183. The van der Waals surface area contributed by atoms with Crippen LogP contribution < -0.4 is 5.32 Å². The van der Waals surface area contributed by atoms with Crippen molar-refractivity contribution in [3.63, 3.8) is 0 Å². The first-order chi connectivity index (χ1) is 8.15. The van der Waals surface area contributed by atoms with E-state index >= 15 is 0 Å². The number of aliphatic hydroxyl groups is 1. The molecule has 0 bridgehead atoms. The monoisotopic (exact) mass is 301 g/mol. The Morgan fingerprint density at radius 3 is 2.65 bits per heavy atom. The van der Waals surface area contributed by atoms with E-state index in [4.69, 9.17) is 9.84 Å². The Morgan fingerprint density at radius 2 is 2.12 bits per heavy atom. The van der Waals surface area contributed by atoms with Crippen LogP contribution in [0.5, 0.6) is 0 Å². The van der Waals surface area contributed by atoms with Gasteiger partial charge in [-0.05, 0) is 17.7 Å². The Bertz CT molecular complexity index is 353. The van der Waals surface area contributed by atoms with Gasteiger partial charge in [-0.1, -0.05) is 28.1 Å². The molecule has 17 heavy (non-hydrogen) atoms. The van der Waals surface area contributed by atoms with Gasteiger partial charge < -0.3 is 15.2 Å². The average Bonchev–Trinajstić information content (AvgIpc) is 2.31. The van der Waals surface area contributed by atoms with E-state index in [2.05, 4.69) is 21.2 Å². The Hall–Kier alpha value is -0.910. The van der Waals surface area contributed by atoms with Crippen molar-refractivity contribution in [3.8, 4) is 0 Å². The van der Waals surface area contributed by atoms with Gasteiger partial charge in [0.15, 0.2) is 0 Å². The van der Waals surface area contributed by atoms with Gasteiger partial charge in [-0.15, -0.1) is 0 Å². The Balaban J connectivity index is 2.46. The summed E-state index contributed by atoms with van der Waals surface area (Å²) in [5.74, 6) is -0.122. The first-order valence-electron chi connectivity index (χ1n) is 5.29. The summed E-state index contributed by atoms with van der Waals surface area (Å²) in [5.41, 5.74) is 0.930. The zero-order valence-corrected chi connectivity index (χ0v) is 11.2. The largest absolute Gasteiger partial charge is 0.394 e. The molecule has 1 amide bonds. The van der Waals surface area contributed by atoms with Gasteiger partial charge in [-0.3, -0.25) is 4.79 Å². The second-order valence-corrected chi connectivity index (χ2v) is 4.62. The van der Waals surface area contributed by atoms with Crippen molar-refractivity contribution in [2.24, 2.45) is 0 Å². The average molecular weight is 302 g/mol. The number of amides is 1. The van der Waals surface area contributed by atoms with Crippen molar-refractivity contribution in [1.29, 1.82) is 0 Å². The van der Waals surface area contributed by atoms with Crippen molar-refractivity contribution in [1.82, 2.24) is 5.32 Å². The number of benzene rings is 1. The smallest absolute Gasteiger partial charge is 0.224 e. The summed E-state index contributed by atoms with van der Waals surface area (Å²) in [6, 6.07) is 7.20. The summed E-state index contributed by atoms with van der Waals surface area (Å²) in [6.07, 6.45) is 0.299. The quantitative estimate of drug-likeness (QED) is 0.828. The second kappa shape index (κ2) is 7.42. The van der Waals surface area contributed by atoms with Gasteiger partial charge in [-0.2, -0.15) is 0 Å². The van der Waals surface area contributed by atoms with Crippen LogP contribution >= 0.6 is 15.9 Å². The molecule has 0 spiro atoms. The summed E-state index contributed by atoms with van der Waals surface area (Å²) in [5, 5.41) is 11.7. The van der Waals surface area contributed by atoms with E-state index in [0.717, 1.165) is 10.0 Å². The molecule has 1 rings (SSSR count). The lowest BCUT2D eigenvalue weighted by atomic mass is 10.1. The number of methoxy groups -OCH3 is 1. The second-order valence-electron chi connectivity index (χ2n) is 3.71. The Morgan fingerprint density at radius 1 is 1.47 bits per heavy atom. The number of ether oxygens (including phenoxy) is 1. The molecule has 2 N–H and O–H groups in total. The maximum absolute atomic E-state index is 11.7. The molecule has 0 heterocycles. The van der Waals surface area contributed by atoms with Gasteiger partial charge in [-0.25, -0.2) is 0 Å². The van der Waals surface area contributed by atoms with Gasteiger partial charge in [0.1, 0.15) is 0 Å². The minimum absolute atomic E-state index is 0.122. The predicted molar refractivity (Wildman–Crippen MR) is 68.7 cm³/mol. The van der Waals surface area contributed by atoms with Crippen LogP contribution in [0.15, 0.2) is 28.7 Å². The van der Waals surface area contributed by atoms with Crippen LogP contribution in [0.2, 0.25) is 0 Å². The number of aliphatic hydroxyl groups excluding tert-OH is 1. The standard InChI is InChI=1S/C12H16BrNO3/c1-17-8-11(7-15)14-12(16)6-9-2-4-10(13)5-3-9/h2-5,11,15H,6-8H2,1H3,(H,14,16). The fraction of sp³-hybridized carbons (Fsp3) is 0.417. The Labute approximate surface area is 109 Å². The van der Waals surface area contributed by atoms with Crippen LogP contribution in [0, 0.1) is 0 Å². The highest BCUT2D eigenvalue weighted by molar-refractivity contribution is 9.10. The van der Waals surface area contributed by atoms with E-state index in [1.807, 2.05) is 24.3 Å². The molecule has 0 saturated heterocycles. The first-order valence-corrected chi connectivity index (χ1v) is 6.08.